The maximum atomic E-state index is 12.2. The number of aliphatic hydroxyl groups is 1. The third-order valence-corrected chi connectivity index (χ3v) is 4.80. The van der Waals surface area contributed by atoms with Gasteiger partial charge in [0, 0.05) is 17.8 Å². The number of carbonyl (C=O) groups is 1. The summed E-state index contributed by atoms with van der Waals surface area (Å²) in [5.74, 6) is -0.327. The molecule has 118 valence electrons. The molecule has 0 aliphatic carbocycles. The molecule has 0 spiro atoms. The lowest BCUT2D eigenvalue weighted by molar-refractivity contribution is 0.0529. The number of nitrogens with zero attached hydrogens (tertiary/aromatic N) is 3. The third kappa shape index (κ3) is 3.61. The van der Waals surface area contributed by atoms with Crippen molar-refractivity contribution in [3.05, 3.63) is 52.1 Å². The molecule has 3 aromatic heterocycles. The molecule has 0 saturated carbocycles. The minimum atomic E-state index is -1.11. The predicted molar refractivity (Wildman–Crippen MR) is 89.4 cm³/mol. The van der Waals surface area contributed by atoms with Crippen molar-refractivity contribution in [2.24, 2.45) is 0 Å². The van der Waals surface area contributed by atoms with Gasteiger partial charge in [-0.3, -0.25) is 14.8 Å². The zero-order valence-corrected chi connectivity index (χ0v) is 13.9. The normalized spacial score (nSPS) is 13.5. The number of aromatic nitrogens is 3. The van der Waals surface area contributed by atoms with Gasteiger partial charge < -0.3 is 10.4 Å². The molecule has 8 heteroatoms. The Morgan fingerprint density at radius 3 is 2.96 bits per heavy atom. The second-order valence-corrected chi connectivity index (χ2v) is 6.74. The van der Waals surface area contributed by atoms with Crippen LogP contribution in [0.15, 0.2) is 40.8 Å². The number of hydrogen-bond donors (Lipinski definition) is 2. The Bertz CT molecular complexity index is 785. The van der Waals surface area contributed by atoms with Gasteiger partial charge in [-0.15, -0.1) is 11.3 Å². The molecule has 0 aliphatic rings. The molecule has 0 fully saturated rings. The molecule has 1 amide bonds. The van der Waals surface area contributed by atoms with Gasteiger partial charge in [0.2, 0.25) is 0 Å². The average Bonchev–Trinajstić information content (AvgIpc) is 3.25. The summed E-state index contributed by atoms with van der Waals surface area (Å²) in [5, 5.41) is 19.2. The highest BCUT2D eigenvalue weighted by Gasteiger charge is 2.25. The fraction of sp³-hybridized carbons (Fsp3) is 0.200. The maximum absolute atomic E-state index is 12.2. The van der Waals surface area contributed by atoms with Crippen LogP contribution in [0.25, 0.3) is 10.7 Å². The van der Waals surface area contributed by atoms with Crippen LogP contribution in [0.1, 0.15) is 23.0 Å². The molecule has 1 unspecified atom stereocenters. The van der Waals surface area contributed by atoms with Crippen LogP contribution in [0, 0.1) is 0 Å². The lowest BCUT2D eigenvalue weighted by atomic mass is 9.99. The van der Waals surface area contributed by atoms with E-state index in [-0.39, 0.29) is 12.5 Å². The molecule has 3 heterocycles. The molecular weight excluding hydrogens is 332 g/mol. The van der Waals surface area contributed by atoms with Crippen molar-refractivity contribution in [2.75, 3.05) is 6.54 Å². The first-order valence-corrected chi connectivity index (χ1v) is 8.64. The Hall–Kier alpha value is -2.16. The van der Waals surface area contributed by atoms with Gasteiger partial charge in [-0.05, 0) is 29.3 Å². The molecule has 0 aromatic carbocycles. The smallest absolute Gasteiger partial charge is 0.270 e. The first kappa shape index (κ1) is 15.7. The zero-order chi connectivity index (χ0) is 16.3. The quantitative estimate of drug-likeness (QED) is 0.740. The second-order valence-electron chi connectivity index (χ2n) is 5.10. The molecule has 3 aromatic rings. The van der Waals surface area contributed by atoms with Gasteiger partial charge in [-0.1, -0.05) is 0 Å². The predicted octanol–water partition coefficient (Wildman–Crippen LogP) is 2.30. The van der Waals surface area contributed by atoms with Gasteiger partial charge in [-0.25, -0.2) is 4.98 Å². The van der Waals surface area contributed by atoms with E-state index in [2.05, 4.69) is 20.3 Å². The number of amides is 1. The van der Waals surface area contributed by atoms with Crippen molar-refractivity contribution in [3.8, 4) is 10.7 Å². The van der Waals surface area contributed by atoms with E-state index in [4.69, 9.17) is 0 Å². The summed E-state index contributed by atoms with van der Waals surface area (Å²) in [6.07, 6.45) is 4.76. The lowest BCUT2D eigenvalue weighted by Crippen LogP contribution is -2.38. The molecule has 0 bridgehead atoms. The molecule has 6 nitrogen and oxygen atoms in total. The summed E-state index contributed by atoms with van der Waals surface area (Å²) in [5.41, 5.74) is 0.597. The Morgan fingerprint density at radius 1 is 1.39 bits per heavy atom. The summed E-state index contributed by atoms with van der Waals surface area (Å²) < 4.78 is 0. The van der Waals surface area contributed by atoms with Crippen molar-refractivity contribution in [2.45, 2.75) is 12.5 Å². The van der Waals surface area contributed by atoms with E-state index in [1.54, 1.807) is 30.9 Å². The van der Waals surface area contributed by atoms with Crippen molar-refractivity contribution in [3.63, 3.8) is 0 Å². The van der Waals surface area contributed by atoms with E-state index in [0.717, 1.165) is 5.56 Å². The fourth-order valence-electron chi connectivity index (χ4n) is 1.92. The lowest BCUT2D eigenvalue weighted by Gasteiger charge is -2.22. The van der Waals surface area contributed by atoms with E-state index >= 15 is 0 Å². The van der Waals surface area contributed by atoms with Crippen LogP contribution >= 0.6 is 22.7 Å². The highest BCUT2D eigenvalue weighted by atomic mass is 32.1. The Morgan fingerprint density at radius 2 is 2.26 bits per heavy atom. The standard InChI is InChI=1S/C15H14N4O2S2/c1-15(21,10-2-5-22-7-10)9-18-13(20)12-8-23-14(19-12)11-6-16-3-4-17-11/h2-8,21H,9H2,1H3,(H,18,20). The topological polar surface area (TPSA) is 88.0 Å². The minimum absolute atomic E-state index is 0.112. The molecule has 0 aliphatic heterocycles. The van der Waals surface area contributed by atoms with Crippen LogP contribution in [-0.2, 0) is 5.60 Å². The number of carbonyl (C=O) groups excluding carboxylic acids is 1. The van der Waals surface area contributed by atoms with Crippen molar-refractivity contribution >= 4 is 28.6 Å². The van der Waals surface area contributed by atoms with Crippen molar-refractivity contribution in [1.29, 1.82) is 0 Å². The average molecular weight is 346 g/mol. The summed E-state index contributed by atoms with van der Waals surface area (Å²) in [4.78, 5) is 24.6. The van der Waals surface area contributed by atoms with Crippen LogP contribution in [0.4, 0.5) is 0 Å². The second kappa shape index (κ2) is 6.53. The van der Waals surface area contributed by atoms with Gasteiger partial charge in [-0.2, -0.15) is 11.3 Å². The first-order valence-electron chi connectivity index (χ1n) is 6.81. The number of thiophene rings is 1. The van der Waals surface area contributed by atoms with Crippen molar-refractivity contribution in [1.82, 2.24) is 20.3 Å². The number of rotatable bonds is 5. The molecule has 0 saturated heterocycles. The van der Waals surface area contributed by atoms with Crippen LogP contribution in [-0.4, -0.2) is 32.5 Å². The van der Waals surface area contributed by atoms with E-state index < -0.39 is 5.60 Å². The SMILES string of the molecule is CC(O)(CNC(=O)c1csc(-c2cnccn2)n1)c1ccsc1. The Kier molecular flexibility index (Phi) is 4.46. The van der Waals surface area contributed by atoms with Gasteiger partial charge in [0.25, 0.3) is 5.91 Å². The summed E-state index contributed by atoms with van der Waals surface area (Å²) >= 11 is 2.83. The van der Waals surface area contributed by atoms with Crippen molar-refractivity contribution < 1.29 is 9.90 Å². The Balaban J connectivity index is 1.66. The first-order chi connectivity index (χ1) is 11.1. The maximum Gasteiger partial charge on any atom is 0.270 e. The van der Waals surface area contributed by atoms with Crippen LogP contribution < -0.4 is 5.32 Å². The molecule has 23 heavy (non-hydrogen) atoms. The van der Waals surface area contributed by atoms with Gasteiger partial charge >= 0.3 is 0 Å². The van der Waals surface area contributed by atoms with Gasteiger partial charge in [0.15, 0.2) is 0 Å². The number of nitrogens with one attached hydrogen (secondary N) is 1. The van der Waals surface area contributed by atoms with Crippen LogP contribution in [0.5, 0.6) is 0 Å². The molecule has 2 N–H and O–H groups in total. The summed E-state index contributed by atoms with van der Waals surface area (Å²) in [6.45, 7) is 1.78. The summed E-state index contributed by atoms with van der Waals surface area (Å²) in [6, 6.07) is 1.84. The fourth-order valence-corrected chi connectivity index (χ4v) is 3.46. The van der Waals surface area contributed by atoms with E-state index in [1.807, 2.05) is 16.8 Å². The van der Waals surface area contributed by atoms with Gasteiger partial charge in [0.05, 0.1) is 12.7 Å². The Labute approximate surface area is 140 Å². The largest absolute Gasteiger partial charge is 0.384 e. The number of hydrogen-bond acceptors (Lipinski definition) is 7. The van der Waals surface area contributed by atoms with Crippen LogP contribution in [0.2, 0.25) is 0 Å². The molecule has 3 rings (SSSR count). The molecule has 1 atom stereocenters. The van der Waals surface area contributed by atoms with E-state index in [9.17, 15) is 9.90 Å². The van der Waals surface area contributed by atoms with E-state index in [0.29, 0.717) is 16.4 Å². The van der Waals surface area contributed by atoms with Gasteiger partial charge in [0.1, 0.15) is 22.0 Å². The molecular formula is C15H14N4O2S2. The zero-order valence-electron chi connectivity index (χ0n) is 12.3. The highest BCUT2D eigenvalue weighted by Crippen LogP contribution is 2.23. The van der Waals surface area contributed by atoms with Crippen LogP contribution in [0.3, 0.4) is 0 Å². The third-order valence-electron chi connectivity index (χ3n) is 3.26. The number of thiazole rings is 1. The highest BCUT2D eigenvalue weighted by molar-refractivity contribution is 7.13. The molecule has 0 radical (unpaired) electrons. The monoisotopic (exact) mass is 346 g/mol. The summed E-state index contributed by atoms with van der Waals surface area (Å²) in [7, 11) is 0. The van der Waals surface area contributed by atoms with E-state index in [1.165, 1.54) is 22.7 Å². The minimum Gasteiger partial charge on any atom is -0.384 e.